The molecule has 1 aliphatic heterocycles. The van der Waals surface area contributed by atoms with E-state index in [0.717, 1.165) is 43.7 Å². The molecule has 1 aromatic heterocycles. The fourth-order valence-corrected chi connectivity index (χ4v) is 6.20. The molecule has 180 valence electrons. The number of hydrogen-bond acceptors (Lipinski definition) is 5. The van der Waals surface area contributed by atoms with Gasteiger partial charge in [0.2, 0.25) is 10.0 Å². The third-order valence-corrected chi connectivity index (χ3v) is 8.93. The highest BCUT2D eigenvalue weighted by Gasteiger charge is 2.51. The van der Waals surface area contributed by atoms with E-state index >= 15 is 0 Å². The lowest BCUT2D eigenvalue weighted by molar-refractivity contribution is -0.258. The van der Waals surface area contributed by atoms with Crippen molar-refractivity contribution in [1.82, 2.24) is 14.2 Å². The second kappa shape index (κ2) is 8.33. The van der Waals surface area contributed by atoms with Gasteiger partial charge in [0, 0.05) is 50.0 Å². The van der Waals surface area contributed by atoms with Gasteiger partial charge in [0.25, 0.3) is 0 Å². The summed E-state index contributed by atoms with van der Waals surface area (Å²) in [7, 11) is -3.88. The average molecular weight is 484 g/mol. The van der Waals surface area contributed by atoms with Crippen LogP contribution in [0.3, 0.4) is 0 Å². The van der Waals surface area contributed by atoms with Gasteiger partial charge in [-0.3, -0.25) is 9.88 Å². The van der Waals surface area contributed by atoms with Gasteiger partial charge in [-0.25, -0.2) is 8.42 Å². The fraction of sp³-hybridized carbons (Fsp3) is 0.522. The van der Waals surface area contributed by atoms with E-state index in [9.17, 15) is 26.7 Å². The topological polar surface area (TPSA) is 73.7 Å². The van der Waals surface area contributed by atoms with Gasteiger partial charge in [0.1, 0.15) is 0 Å². The van der Waals surface area contributed by atoms with Crippen LogP contribution in [0.5, 0.6) is 0 Å². The summed E-state index contributed by atoms with van der Waals surface area (Å²) in [6, 6.07) is 8.10. The van der Waals surface area contributed by atoms with E-state index in [1.54, 1.807) is 12.4 Å². The maximum Gasteiger partial charge on any atom is 0.421 e. The normalized spacial score (nSPS) is 23.8. The molecule has 1 aromatic carbocycles. The zero-order chi connectivity index (χ0) is 24.1. The van der Waals surface area contributed by atoms with Crippen LogP contribution in [-0.2, 0) is 21.0 Å². The summed E-state index contributed by atoms with van der Waals surface area (Å²) in [5, 5.41) is 9.82. The summed E-state index contributed by atoms with van der Waals surface area (Å²) in [6.45, 7) is 4.81. The van der Waals surface area contributed by atoms with Crippen LogP contribution in [0.15, 0.2) is 53.7 Å². The first kappa shape index (κ1) is 24.1. The van der Waals surface area contributed by atoms with Gasteiger partial charge in [-0.05, 0) is 62.1 Å². The number of hydrogen-bond donors (Lipinski definition) is 1. The second-order valence-corrected chi connectivity index (χ2v) is 11.2. The molecule has 4 rings (SSSR count). The Morgan fingerprint density at radius 1 is 1.09 bits per heavy atom. The van der Waals surface area contributed by atoms with Crippen LogP contribution in [-0.4, -0.2) is 66.1 Å². The Hall–Kier alpha value is -2.01. The molecule has 2 aliphatic rings. The molecule has 2 fully saturated rings. The van der Waals surface area contributed by atoms with E-state index in [-0.39, 0.29) is 16.4 Å². The third kappa shape index (κ3) is 4.53. The molecule has 1 N–H and O–H groups in total. The summed E-state index contributed by atoms with van der Waals surface area (Å²) < 4.78 is 67.0. The summed E-state index contributed by atoms with van der Waals surface area (Å²) in [6.07, 6.45) is 0.910. The van der Waals surface area contributed by atoms with Crippen molar-refractivity contribution >= 4 is 10.0 Å². The standard InChI is InChI=1S/C23H28F3N3O3S/c1-17-15-28(16-22(9-10-22)19-7-11-27-12-8-19)13-14-29(17)33(31,32)20-5-3-18(4-6-20)21(2,30)23(24,25)26/h3-8,11-12,17,30H,9-10,13-16H2,1-2H3/t17-,21?/m1/s1. The highest BCUT2D eigenvalue weighted by atomic mass is 32.2. The van der Waals surface area contributed by atoms with Crippen molar-refractivity contribution in [1.29, 1.82) is 0 Å². The van der Waals surface area contributed by atoms with E-state index in [1.165, 1.54) is 9.87 Å². The Bertz CT molecular complexity index is 1090. The molecule has 10 heteroatoms. The largest absolute Gasteiger partial charge is 0.421 e. The lowest BCUT2D eigenvalue weighted by Gasteiger charge is -2.40. The lowest BCUT2D eigenvalue weighted by Crippen LogP contribution is -2.55. The Morgan fingerprint density at radius 2 is 1.70 bits per heavy atom. The van der Waals surface area contributed by atoms with Gasteiger partial charge in [0.15, 0.2) is 5.60 Å². The van der Waals surface area contributed by atoms with E-state index in [0.29, 0.717) is 26.6 Å². The van der Waals surface area contributed by atoms with Gasteiger partial charge in [-0.2, -0.15) is 17.5 Å². The number of pyridine rings is 1. The number of aliphatic hydroxyl groups is 1. The maximum atomic E-state index is 13.2. The minimum atomic E-state index is -4.87. The smallest absolute Gasteiger partial charge is 0.376 e. The molecule has 1 saturated carbocycles. The number of halogens is 3. The van der Waals surface area contributed by atoms with Crippen molar-refractivity contribution < 1.29 is 26.7 Å². The van der Waals surface area contributed by atoms with E-state index in [2.05, 4.69) is 9.88 Å². The van der Waals surface area contributed by atoms with Gasteiger partial charge in [-0.1, -0.05) is 12.1 Å². The van der Waals surface area contributed by atoms with Crippen molar-refractivity contribution in [2.75, 3.05) is 26.2 Å². The summed E-state index contributed by atoms with van der Waals surface area (Å²) in [5.74, 6) is 0. The molecule has 6 nitrogen and oxygen atoms in total. The highest BCUT2D eigenvalue weighted by molar-refractivity contribution is 7.89. The predicted molar refractivity (Wildman–Crippen MR) is 117 cm³/mol. The van der Waals surface area contributed by atoms with Crippen molar-refractivity contribution in [3.05, 3.63) is 59.9 Å². The van der Waals surface area contributed by atoms with Crippen LogP contribution in [0, 0.1) is 0 Å². The van der Waals surface area contributed by atoms with Gasteiger partial charge in [0.05, 0.1) is 4.90 Å². The van der Waals surface area contributed by atoms with Crippen molar-refractivity contribution in [3.8, 4) is 0 Å². The molecule has 1 unspecified atom stereocenters. The molecule has 33 heavy (non-hydrogen) atoms. The minimum absolute atomic E-state index is 0.0834. The molecule has 2 atom stereocenters. The van der Waals surface area contributed by atoms with Gasteiger partial charge >= 0.3 is 6.18 Å². The molecular formula is C23H28F3N3O3S. The van der Waals surface area contributed by atoms with E-state index in [1.807, 2.05) is 19.1 Å². The van der Waals surface area contributed by atoms with Crippen LogP contribution in [0.4, 0.5) is 13.2 Å². The van der Waals surface area contributed by atoms with Gasteiger partial charge in [-0.15, -0.1) is 0 Å². The molecule has 0 spiro atoms. The first-order valence-corrected chi connectivity index (χ1v) is 12.4. The number of sulfonamides is 1. The summed E-state index contributed by atoms with van der Waals surface area (Å²) >= 11 is 0. The Labute approximate surface area is 192 Å². The summed E-state index contributed by atoms with van der Waals surface area (Å²) in [4.78, 5) is 6.29. The molecule has 2 aromatic rings. The lowest BCUT2D eigenvalue weighted by atomic mass is 9.96. The quantitative estimate of drug-likeness (QED) is 0.683. The average Bonchev–Trinajstić information content (AvgIpc) is 3.54. The van der Waals surface area contributed by atoms with Crippen LogP contribution in [0.25, 0.3) is 0 Å². The molecule has 0 amide bonds. The van der Waals surface area contributed by atoms with Crippen LogP contribution < -0.4 is 0 Å². The highest BCUT2D eigenvalue weighted by Crippen LogP contribution is 2.48. The predicted octanol–water partition coefficient (Wildman–Crippen LogP) is 3.28. The van der Waals surface area contributed by atoms with Crippen LogP contribution in [0.2, 0.25) is 0 Å². The van der Waals surface area contributed by atoms with Crippen molar-refractivity contribution in [2.45, 2.75) is 54.8 Å². The number of nitrogens with zero attached hydrogens (tertiary/aromatic N) is 3. The van der Waals surface area contributed by atoms with E-state index in [4.69, 9.17) is 0 Å². The minimum Gasteiger partial charge on any atom is -0.376 e. The SMILES string of the molecule is C[C@@H]1CN(CC2(c3ccncc3)CC2)CCN1S(=O)(=O)c1ccc(C(C)(O)C(F)(F)F)cc1. The number of aromatic nitrogens is 1. The first-order valence-electron chi connectivity index (χ1n) is 10.9. The molecule has 0 radical (unpaired) electrons. The zero-order valence-corrected chi connectivity index (χ0v) is 19.4. The number of benzene rings is 1. The van der Waals surface area contributed by atoms with Crippen LogP contribution in [0.1, 0.15) is 37.8 Å². The Kier molecular flexibility index (Phi) is 6.09. The monoisotopic (exact) mass is 483 g/mol. The first-order chi connectivity index (χ1) is 15.4. The molecular weight excluding hydrogens is 455 g/mol. The number of piperazine rings is 1. The molecule has 1 aliphatic carbocycles. The molecule has 2 heterocycles. The third-order valence-electron chi connectivity index (χ3n) is 6.90. The van der Waals surface area contributed by atoms with Crippen molar-refractivity contribution in [3.63, 3.8) is 0 Å². The Balaban J connectivity index is 1.45. The van der Waals surface area contributed by atoms with E-state index < -0.39 is 27.4 Å². The number of rotatable bonds is 6. The van der Waals surface area contributed by atoms with Crippen LogP contribution >= 0.6 is 0 Å². The molecule has 1 saturated heterocycles. The molecule has 0 bridgehead atoms. The second-order valence-electron chi connectivity index (χ2n) is 9.31. The van der Waals surface area contributed by atoms with Gasteiger partial charge < -0.3 is 5.11 Å². The zero-order valence-electron chi connectivity index (χ0n) is 18.6. The summed E-state index contributed by atoms with van der Waals surface area (Å²) in [5.41, 5.74) is -2.09. The van der Waals surface area contributed by atoms with Crippen molar-refractivity contribution in [2.24, 2.45) is 0 Å². The number of alkyl halides is 3. The Morgan fingerprint density at radius 3 is 2.21 bits per heavy atom. The fourth-order valence-electron chi connectivity index (χ4n) is 4.59. The maximum absolute atomic E-state index is 13.2.